The first-order valence-electron chi connectivity index (χ1n) is 13.7. The average molecular weight is 541 g/mol. The van der Waals surface area contributed by atoms with Crippen molar-refractivity contribution >= 4 is 11.6 Å². The Kier molecular flexibility index (Phi) is 8.31. The minimum absolute atomic E-state index is 0.00722. The van der Waals surface area contributed by atoms with Crippen LogP contribution in [0.2, 0.25) is 0 Å². The maximum absolute atomic E-state index is 13.5. The SMILES string of the molecule is COc1ccc(CNC(=O)C(c2ccccc2)N2CCN(c3ccc(-n4cnn(C(C)C)c4=O)cc3)CC2)cc1. The van der Waals surface area contributed by atoms with Gasteiger partial charge in [-0.25, -0.2) is 14.0 Å². The highest BCUT2D eigenvalue weighted by Gasteiger charge is 2.30. The van der Waals surface area contributed by atoms with Gasteiger partial charge in [0.05, 0.1) is 18.8 Å². The summed E-state index contributed by atoms with van der Waals surface area (Å²) in [4.78, 5) is 30.7. The van der Waals surface area contributed by atoms with E-state index in [1.54, 1.807) is 18.0 Å². The minimum atomic E-state index is -0.367. The number of anilines is 1. The number of carbonyl (C=O) groups is 1. The van der Waals surface area contributed by atoms with Crippen molar-refractivity contribution in [3.8, 4) is 11.4 Å². The van der Waals surface area contributed by atoms with Gasteiger partial charge < -0.3 is 15.0 Å². The summed E-state index contributed by atoms with van der Waals surface area (Å²) in [5.41, 5.74) is 3.74. The van der Waals surface area contributed by atoms with Crippen LogP contribution in [0, 0.1) is 0 Å². The van der Waals surface area contributed by atoms with Gasteiger partial charge in [-0.1, -0.05) is 42.5 Å². The van der Waals surface area contributed by atoms with Gasteiger partial charge in [-0.15, -0.1) is 0 Å². The number of hydrogen-bond acceptors (Lipinski definition) is 6. The van der Waals surface area contributed by atoms with Gasteiger partial charge in [0.25, 0.3) is 0 Å². The normalized spacial score (nSPS) is 14.8. The highest BCUT2D eigenvalue weighted by Crippen LogP contribution is 2.25. The predicted octanol–water partition coefficient (Wildman–Crippen LogP) is 3.80. The Hall–Kier alpha value is -4.37. The summed E-state index contributed by atoms with van der Waals surface area (Å²) in [6.45, 7) is 7.41. The van der Waals surface area contributed by atoms with Crippen molar-refractivity contribution < 1.29 is 9.53 Å². The molecule has 0 saturated carbocycles. The van der Waals surface area contributed by atoms with E-state index >= 15 is 0 Å². The van der Waals surface area contributed by atoms with Crippen molar-refractivity contribution in [1.29, 1.82) is 0 Å². The second-order valence-corrected chi connectivity index (χ2v) is 10.2. The monoisotopic (exact) mass is 540 g/mol. The lowest BCUT2D eigenvalue weighted by Gasteiger charge is -2.39. The van der Waals surface area contributed by atoms with Crippen LogP contribution in [0.5, 0.6) is 5.75 Å². The Labute approximate surface area is 234 Å². The number of carbonyl (C=O) groups excluding carboxylic acids is 1. The van der Waals surface area contributed by atoms with Crippen molar-refractivity contribution in [2.24, 2.45) is 0 Å². The number of nitrogens with zero attached hydrogens (tertiary/aromatic N) is 5. The van der Waals surface area contributed by atoms with Gasteiger partial charge in [0.15, 0.2) is 0 Å². The molecule has 2 heterocycles. The van der Waals surface area contributed by atoms with Gasteiger partial charge in [-0.05, 0) is 61.4 Å². The van der Waals surface area contributed by atoms with Crippen LogP contribution < -0.4 is 20.6 Å². The summed E-state index contributed by atoms with van der Waals surface area (Å²) in [7, 11) is 1.64. The number of piperazine rings is 1. The summed E-state index contributed by atoms with van der Waals surface area (Å²) >= 11 is 0. The molecule has 1 aliphatic rings. The molecule has 40 heavy (non-hydrogen) atoms. The third-order valence-corrected chi connectivity index (χ3v) is 7.34. The molecule has 1 unspecified atom stereocenters. The molecule has 1 N–H and O–H groups in total. The lowest BCUT2D eigenvalue weighted by Crippen LogP contribution is -2.51. The first kappa shape index (κ1) is 27.2. The van der Waals surface area contributed by atoms with Crippen molar-refractivity contribution in [2.45, 2.75) is 32.5 Å². The number of hydrogen-bond donors (Lipinski definition) is 1. The molecule has 0 radical (unpaired) electrons. The molecule has 9 nitrogen and oxygen atoms in total. The molecule has 0 aliphatic carbocycles. The van der Waals surface area contributed by atoms with E-state index in [4.69, 9.17) is 4.74 Å². The Balaban J connectivity index is 1.24. The van der Waals surface area contributed by atoms with Gasteiger partial charge in [-0.2, -0.15) is 5.10 Å². The molecule has 1 fully saturated rings. The topological polar surface area (TPSA) is 84.6 Å². The van der Waals surface area contributed by atoms with Crippen LogP contribution in [0.1, 0.15) is 37.1 Å². The molecule has 0 bridgehead atoms. The third-order valence-electron chi connectivity index (χ3n) is 7.34. The molecule has 1 aromatic heterocycles. The van der Waals surface area contributed by atoms with Crippen molar-refractivity contribution in [2.75, 3.05) is 38.2 Å². The number of rotatable bonds is 9. The first-order valence-corrected chi connectivity index (χ1v) is 13.7. The molecule has 1 saturated heterocycles. The summed E-state index contributed by atoms with van der Waals surface area (Å²) in [6, 6.07) is 25.3. The Morgan fingerprint density at radius 2 is 1.55 bits per heavy atom. The van der Waals surface area contributed by atoms with E-state index in [1.807, 2.05) is 92.7 Å². The predicted molar refractivity (Wildman–Crippen MR) is 156 cm³/mol. The van der Waals surface area contributed by atoms with Gasteiger partial charge in [0.2, 0.25) is 5.91 Å². The van der Waals surface area contributed by atoms with Crippen LogP contribution in [0.3, 0.4) is 0 Å². The molecular weight excluding hydrogens is 504 g/mol. The fraction of sp³-hybridized carbons (Fsp3) is 0.323. The summed E-state index contributed by atoms with van der Waals surface area (Å²) in [5.74, 6) is 0.785. The van der Waals surface area contributed by atoms with E-state index in [9.17, 15) is 9.59 Å². The van der Waals surface area contributed by atoms with Crippen molar-refractivity contribution in [3.05, 3.63) is 107 Å². The fourth-order valence-corrected chi connectivity index (χ4v) is 5.10. The van der Waals surface area contributed by atoms with Crippen LogP contribution in [-0.4, -0.2) is 58.4 Å². The van der Waals surface area contributed by atoms with Crippen LogP contribution >= 0.6 is 0 Å². The Morgan fingerprint density at radius 1 is 0.900 bits per heavy atom. The van der Waals surface area contributed by atoms with Crippen molar-refractivity contribution in [3.63, 3.8) is 0 Å². The molecule has 0 spiro atoms. The second-order valence-electron chi connectivity index (χ2n) is 10.2. The lowest BCUT2D eigenvalue weighted by atomic mass is 10.0. The molecule has 4 aromatic rings. The smallest absolute Gasteiger partial charge is 0.350 e. The molecule has 1 atom stereocenters. The number of methoxy groups -OCH3 is 1. The van der Waals surface area contributed by atoms with Crippen molar-refractivity contribution in [1.82, 2.24) is 24.6 Å². The van der Waals surface area contributed by atoms with E-state index in [2.05, 4.69) is 20.2 Å². The lowest BCUT2D eigenvalue weighted by molar-refractivity contribution is -0.127. The number of nitrogens with one attached hydrogen (secondary N) is 1. The van der Waals surface area contributed by atoms with E-state index in [1.165, 1.54) is 4.68 Å². The standard InChI is InChI=1S/C31H36N6O3/c1-23(2)37-31(39)36(22-33-37)27-13-11-26(12-14-27)34-17-19-35(20-18-34)29(25-7-5-4-6-8-25)30(38)32-21-24-9-15-28(40-3)16-10-24/h4-16,22-23,29H,17-21H2,1-3H3,(H,32,38). The van der Waals surface area contributed by atoms with E-state index in [0.29, 0.717) is 6.54 Å². The van der Waals surface area contributed by atoms with Crippen LogP contribution in [0.25, 0.3) is 5.69 Å². The average Bonchev–Trinajstić information content (AvgIpc) is 3.39. The number of benzene rings is 3. The van der Waals surface area contributed by atoms with Gasteiger partial charge in [0, 0.05) is 38.4 Å². The van der Waals surface area contributed by atoms with Gasteiger partial charge in [0.1, 0.15) is 18.1 Å². The quantitative estimate of drug-likeness (QED) is 0.348. The van der Waals surface area contributed by atoms with Gasteiger partial charge in [-0.3, -0.25) is 9.69 Å². The largest absolute Gasteiger partial charge is 0.497 e. The zero-order chi connectivity index (χ0) is 28.1. The van der Waals surface area contributed by atoms with E-state index < -0.39 is 0 Å². The first-order chi connectivity index (χ1) is 19.4. The van der Waals surface area contributed by atoms with Crippen LogP contribution in [0.15, 0.2) is 90.0 Å². The maximum atomic E-state index is 13.5. The zero-order valence-electron chi connectivity index (χ0n) is 23.2. The number of amides is 1. The molecule has 1 amide bonds. The van der Waals surface area contributed by atoms with Crippen LogP contribution in [-0.2, 0) is 11.3 Å². The van der Waals surface area contributed by atoms with E-state index in [0.717, 1.165) is 54.4 Å². The van der Waals surface area contributed by atoms with Crippen LogP contribution in [0.4, 0.5) is 5.69 Å². The minimum Gasteiger partial charge on any atom is -0.497 e. The zero-order valence-corrected chi connectivity index (χ0v) is 23.2. The molecule has 3 aromatic carbocycles. The Bertz CT molecular complexity index is 1450. The molecule has 5 rings (SSSR count). The highest BCUT2D eigenvalue weighted by molar-refractivity contribution is 5.83. The maximum Gasteiger partial charge on any atom is 0.350 e. The molecule has 1 aliphatic heterocycles. The third kappa shape index (κ3) is 5.94. The molecule has 208 valence electrons. The number of ether oxygens (including phenoxy) is 1. The fourth-order valence-electron chi connectivity index (χ4n) is 5.10. The summed E-state index contributed by atoms with van der Waals surface area (Å²) in [6.07, 6.45) is 1.57. The Morgan fingerprint density at radius 3 is 2.15 bits per heavy atom. The number of aromatic nitrogens is 3. The van der Waals surface area contributed by atoms with Gasteiger partial charge >= 0.3 is 5.69 Å². The highest BCUT2D eigenvalue weighted by atomic mass is 16.5. The molecule has 9 heteroatoms. The molecular formula is C31H36N6O3. The summed E-state index contributed by atoms with van der Waals surface area (Å²) < 4.78 is 8.28. The second kappa shape index (κ2) is 12.2. The summed E-state index contributed by atoms with van der Waals surface area (Å²) in [5, 5.41) is 7.36. The van der Waals surface area contributed by atoms with E-state index in [-0.39, 0.29) is 23.7 Å².